The summed E-state index contributed by atoms with van der Waals surface area (Å²) in [6.07, 6.45) is 7.96. The lowest BCUT2D eigenvalue weighted by Crippen LogP contribution is -2.42. The summed E-state index contributed by atoms with van der Waals surface area (Å²) in [5, 5.41) is 4.12. The van der Waals surface area contributed by atoms with Crippen LogP contribution in [0.25, 0.3) is 16.9 Å². The molecule has 5 nitrogen and oxygen atoms in total. The van der Waals surface area contributed by atoms with Crippen LogP contribution in [0, 0.1) is 6.92 Å². The number of nitrogens with one attached hydrogen (secondary N) is 1. The van der Waals surface area contributed by atoms with Crippen LogP contribution in [0.2, 0.25) is 10.0 Å². The fourth-order valence-electron chi connectivity index (χ4n) is 4.69. The molecule has 1 saturated carbocycles. The predicted octanol–water partition coefficient (Wildman–Crippen LogP) is 5.27. The second kappa shape index (κ2) is 9.26. The highest BCUT2D eigenvalue weighted by molar-refractivity contribution is 6.35. The van der Waals surface area contributed by atoms with Crippen molar-refractivity contribution < 1.29 is 9.48 Å². The Morgan fingerprint density at radius 2 is 1.78 bits per heavy atom. The Morgan fingerprint density at radius 1 is 1.09 bits per heavy atom. The number of nitrogens with two attached hydrogens (primary N) is 2. The van der Waals surface area contributed by atoms with Crippen molar-refractivity contribution in [2.45, 2.75) is 57.4 Å². The number of carbonyl (C=O) groups excluding carboxylic acids is 1. The van der Waals surface area contributed by atoms with Gasteiger partial charge in [-0.15, -0.1) is 0 Å². The van der Waals surface area contributed by atoms with Gasteiger partial charge >= 0.3 is 0 Å². The van der Waals surface area contributed by atoms with E-state index in [1.807, 2.05) is 13.0 Å². The molecule has 3 aromatic rings. The van der Waals surface area contributed by atoms with E-state index in [-0.39, 0.29) is 5.54 Å². The predicted molar refractivity (Wildman–Crippen MR) is 129 cm³/mol. The van der Waals surface area contributed by atoms with Gasteiger partial charge in [0.15, 0.2) is 5.69 Å². The van der Waals surface area contributed by atoms with E-state index in [9.17, 15) is 4.79 Å². The molecule has 32 heavy (non-hydrogen) atoms. The van der Waals surface area contributed by atoms with E-state index < -0.39 is 5.91 Å². The van der Waals surface area contributed by atoms with E-state index in [4.69, 9.17) is 34.7 Å². The fourth-order valence-corrected chi connectivity index (χ4v) is 5.19. The molecule has 0 saturated heterocycles. The van der Waals surface area contributed by atoms with Gasteiger partial charge in [-0.05, 0) is 62.4 Å². The van der Waals surface area contributed by atoms with E-state index in [2.05, 4.69) is 29.4 Å². The highest BCUT2D eigenvalue weighted by Crippen LogP contribution is 2.31. The summed E-state index contributed by atoms with van der Waals surface area (Å²) in [6, 6.07) is 13.6. The SMILES string of the molecule is Cc1c(C(N)=O)[nH][n+](-c2ccc(Cl)cc2Cl)c1-c1ccc(CCC2(N)CCCCC2)cc1. The minimum atomic E-state index is -0.523. The molecule has 1 heterocycles. The van der Waals surface area contributed by atoms with Gasteiger partial charge in [-0.2, -0.15) is 5.10 Å². The second-order valence-corrected chi connectivity index (χ2v) is 9.72. The van der Waals surface area contributed by atoms with Crippen LogP contribution in [0.5, 0.6) is 0 Å². The van der Waals surface area contributed by atoms with Crippen molar-refractivity contribution >= 4 is 29.1 Å². The Labute approximate surface area is 198 Å². The quantitative estimate of drug-likeness (QED) is 0.427. The first-order chi connectivity index (χ1) is 15.3. The van der Waals surface area contributed by atoms with Crippen molar-refractivity contribution in [1.29, 1.82) is 0 Å². The van der Waals surface area contributed by atoms with E-state index in [0.29, 0.717) is 21.4 Å². The number of nitrogens with zero attached hydrogens (tertiary/aromatic N) is 1. The highest BCUT2D eigenvalue weighted by Gasteiger charge is 2.30. The summed E-state index contributed by atoms with van der Waals surface area (Å²) in [5.41, 5.74) is 17.0. The fraction of sp³-hybridized carbons (Fsp3) is 0.360. The van der Waals surface area contributed by atoms with Crippen LogP contribution in [-0.2, 0) is 6.42 Å². The van der Waals surface area contributed by atoms with Gasteiger partial charge < -0.3 is 11.5 Å². The van der Waals surface area contributed by atoms with E-state index in [1.54, 1.807) is 16.8 Å². The lowest BCUT2D eigenvalue weighted by Gasteiger charge is -2.33. The molecule has 2 aromatic carbocycles. The Bertz CT molecular complexity index is 1130. The van der Waals surface area contributed by atoms with Crippen LogP contribution in [0.3, 0.4) is 0 Å². The molecule has 1 aliphatic rings. The van der Waals surface area contributed by atoms with Crippen molar-refractivity contribution in [3.63, 3.8) is 0 Å². The average molecular weight is 472 g/mol. The third-order valence-electron chi connectivity index (χ3n) is 6.56. The van der Waals surface area contributed by atoms with Gasteiger partial charge in [0, 0.05) is 22.2 Å². The summed E-state index contributed by atoms with van der Waals surface area (Å²) in [4.78, 5) is 12.0. The van der Waals surface area contributed by atoms with Gasteiger partial charge in [0.2, 0.25) is 5.69 Å². The first kappa shape index (κ1) is 22.8. The number of carbonyl (C=O) groups is 1. The molecular weight excluding hydrogens is 443 g/mol. The van der Waals surface area contributed by atoms with Gasteiger partial charge in [-0.1, -0.05) is 59.3 Å². The standard InChI is InChI=1S/C25H28Cl2N4O/c1-16-22(24(28)32)30-31(21-10-9-19(26)15-20(21)27)23(16)18-7-5-17(6-8-18)11-14-25(29)12-3-2-4-13-25/h5-10,15H,2-4,11-14,29H2,1H3,(H2,28,32)/p+1. The zero-order valence-electron chi connectivity index (χ0n) is 18.3. The summed E-state index contributed by atoms with van der Waals surface area (Å²) < 4.78 is 1.79. The van der Waals surface area contributed by atoms with Crippen LogP contribution in [0.4, 0.5) is 0 Å². The number of H-pyrrole nitrogens is 1. The van der Waals surface area contributed by atoms with Crippen molar-refractivity contribution in [3.8, 4) is 16.9 Å². The molecule has 0 atom stereocenters. The molecule has 0 bridgehead atoms. The van der Waals surface area contributed by atoms with Crippen LogP contribution >= 0.6 is 23.2 Å². The molecule has 0 unspecified atom stereocenters. The summed E-state index contributed by atoms with van der Waals surface area (Å²) in [7, 11) is 0. The van der Waals surface area contributed by atoms with Gasteiger partial charge in [-0.3, -0.25) is 4.79 Å². The number of benzene rings is 2. The Balaban J connectivity index is 1.66. The molecule has 1 amide bonds. The molecule has 0 radical (unpaired) electrons. The molecule has 4 rings (SSSR count). The summed E-state index contributed by atoms with van der Waals surface area (Å²) in [5.74, 6) is -0.523. The van der Waals surface area contributed by atoms with E-state index >= 15 is 0 Å². The summed E-state index contributed by atoms with van der Waals surface area (Å²) >= 11 is 12.5. The van der Waals surface area contributed by atoms with Gasteiger partial charge in [0.25, 0.3) is 11.6 Å². The minimum Gasteiger partial charge on any atom is -0.364 e. The van der Waals surface area contributed by atoms with Crippen molar-refractivity contribution in [2.24, 2.45) is 11.5 Å². The number of aromatic nitrogens is 2. The maximum absolute atomic E-state index is 12.0. The molecule has 1 aromatic heterocycles. The largest absolute Gasteiger partial charge is 0.364 e. The molecule has 5 N–H and O–H groups in total. The van der Waals surface area contributed by atoms with Crippen LogP contribution in [-0.4, -0.2) is 16.5 Å². The number of aryl methyl sites for hydroxylation is 1. The number of halogens is 2. The molecule has 1 aliphatic carbocycles. The maximum Gasteiger partial charge on any atom is 0.271 e. The van der Waals surface area contributed by atoms with Gasteiger partial charge in [0.1, 0.15) is 5.02 Å². The number of rotatable bonds is 6. The lowest BCUT2D eigenvalue weighted by atomic mass is 9.79. The van der Waals surface area contributed by atoms with Gasteiger partial charge in [-0.25, -0.2) is 0 Å². The lowest BCUT2D eigenvalue weighted by molar-refractivity contribution is -0.644. The third kappa shape index (κ3) is 4.70. The topological polar surface area (TPSA) is 88.8 Å². The molecule has 7 heteroatoms. The Hall–Kier alpha value is -2.34. The average Bonchev–Trinajstić information content (AvgIpc) is 3.10. The number of amides is 1. The van der Waals surface area contributed by atoms with Crippen molar-refractivity contribution in [1.82, 2.24) is 5.10 Å². The Kier molecular flexibility index (Phi) is 6.61. The van der Waals surface area contributed by atoms with Crippen LogP contribution < -0.4 is 16.1 Å². The van der Waals surface area contributed by atoms with Crippen molar-refractivity contribution in [3.05, 3.63) is 69.3 Å². The number of hydrogen-bond acceptors (Lipinski definition) is 2. The molecule has 0 spiro atoms. The van der Waals surface area contributed by atoms with Gasteiger partial charge in [0.05, 0.1) is 5.56 Å². The monoisotopic (exact) mass is 471 g/mol. The second-order valence-electron chi connectivity index (χ2n) is 8.88. The van der Waals surface area contributed by atoms with Crippen LogP contribution in [0.15, 0.2) is 42.5 Å². The van der Waals surface area contributed by atoms with Crippen molar-refractivity contribution in [2.75, 3.05) is 0 Å². The normalized spacial score (nSPS) is 15.6. The Morgan fingerprint density at radius 3 is 2.41 bits per heavy atom. The number of primary amides is 1. The first-order valence-electron chi connectivity index (χ1n) is 11.1. The highest BCUT2D eigenvalue weighted by atomic mass is 35.5. The summed E-state index contributed by atoms with van der Waals surface area (Å²) in [6.45, 7) is 1.88. The molecule has 0 aliphatic heterocycles. The van der Waals surface area contributed by atoms with Crippen LogP contribution in [0.1, 0.15) is 60.1 Å². The van der Waals surface area contributed by atoms with E-state index in [1.165, 1.54) is 24.8 Å². The maximum atomic E-state index is 12.0. The zero-order valence-corrected chi connectivity index (χ0v) is 19.8. The molecule has 168 valence electrons. The van der Waals surface area contributed by atoms with E-state index in [0.717, 1.165) is 42.5 Å². The zero-order chi connectivity index (χ0) is 22.9. The minimum absolute atomic E-state index is 0.0289. The smallest absolute Gasteiger partial charge is 0.271 e. The molecule has 1 fully saturated rings. The molecular formula is C25H29Cl2N4O+. The number of aromatic amines is 1. The third-order valence-corrected chi connectivity index (χ3v) is 7.10. The number of hydrogen-bond donors (Lipinski definition) is 3. The first-order valence-corrected chi connectivity index (χ1v) is 11.8.